The molecule has 1 saturated heterocycles. The molecule has 8 atom stereocenters. The number of nitrogens with zero attached hydrogens (tertiary/aromatic N) is 5. The van der Waals surface area contributed by atoms with E-state index in [1.165, 1.54) is 34.6 Å². The van der Waals surface area contributed by atoms with Crippen molar-refractivity contribution in [1.82, 2.24) is 50.7 Å². The zero-order chi connectivity index (χ0) is 108. The number of hydrazine groups is 1. The summed E-state index contributed by atoms with van der Waals surface area (Å²) in [7, 11) is 3.74. The van der Waals surface area contributed by atoms with Crippen molar-refractivity contribution in [2.75, 3.05) is 256 Å². The summed E-state index contributed by atoms with van der Waals surface area (Å²) in [4.78, 5) is 139. The molecule has 836 valence electrons. The molecule has 3 aromatic heterocycles. The van der Waals surface area contributed by atoms with E-state index in [0.717, 1.165) is 40.6 Å². The van der Waals surface area contributed by atoms with Crippen LogP contribution in [0.2, 0.25) is 0 Å². The van der Waals surface area contributed by atoms with Crippen LogP contribution in [0.25, 0.3) is 33.2 Å². The lowest BCUT2D eigenvalue weighted by molar-refractivity contribution is -0.271. The van der Waals surface area contributed by atoms with E-state index in [1.807, 2.05) is 61.6 Å². The van der Waals surface area contributed by atoms with Gasteiger partial charge in [-0.05, 0) is 113 Å². The molecule has 47 heteroatoms. The van der Waals surface area contributed by atoms with Crippen LogP contribution in [0.15, 0.2) is 77.6 Å². The standard InChI is InChI=1S/C103H154N12O35/c1-10-29-131-33-37-135-41-45-139-49-53-143-57-59-145-56-52-142-48-44-138-40-36-134-32-26-106-87(117)23-28-114-75(65-112(9)104-8)63-73-62-74(17-19-83(73)114)108-88(118)21-20-86(116)105-25-31-133-35-39-137-43-47-141-51-55-146-60-58-144-54-50-140-46-42-136-38-34-132-30-24-89(119)111-90(69(3)4)97(124)107-71(7)96(123)110-82-18-16-72(61-85(82)149-100-94(122)92(120)93(121)95(150-100)99(126)127)67-148-102(129)113(70(5)6)27-22-76-77-14-12-13-15-81(77)109-91-78(76)66-115-84(91)64-80-79(98(115)125)68-147-101(128)103(80,130)11-2/h12-19,61-64,69-71,90,92-95,100,104,120-122,130H,10-11,20-60,65-68H2,1-9H3,(H,105,116)(H,106,117)(H,107,124)(H,108,118)(H,110,123)(H,111,119)(H,126,127)/t71-,90-,92-,93-,94+,95-,100+,103-/m0/s1. The number of para-hydroxylation sites is 1. The molecular weight excluding hydrogens is 1970 g/mol. The Labute approximate surface area is 873 Å². The summed E-state index contributed by atoms with van der Waals surface area (Å²) in [6.07, 6.45) is -9.62. The van der Waals surface area contributed by atoms with Crippen LogP contribution in [0, 0.1) is 5.92 Å². The SMILES string of the molecule is CCCOCCOCCOCCOCCOCCOCCOCCOCCNC(=O)CCn1c(CN(C)NC)cc2cc(NC(=O)CCC(=O)NCCOCCOCCOCCOCCOCCOCCOCCOCCC(=O)N[C@H](C(=O)N[C@@H](C)C(=O)Nc3ccc(COC(=O)N(CCc4c5c(nc6ccccc46)-c4cc6c(c(=O)n4C5)COC(=O)[C@]6(O)CC)C(C)C)cc3O[C@@H]3O[C@H](C(=O)O)[C@@H](O)[C@H](O)[C@H]3O)C(C)C)ccc21. The molecule has 9 rings (SSSR count). The summed E-state index contributed by atoms with van der Waals surface area (Å²) in [6, 6.07) is 17.9. The van der Waals surface area contributed by atoms with Crippen LogP contribution in [0.1, 0.15) is 121 Å². The quantitative estimate of drug-likeness (QED) is 0.0148. The van der Waals surface area contributed by atoms with Crippen molar-refractivity contribution in [1.29, 1.82) is 0 Å². The largest absolute Gasteiger partial charge is 0.479 e. The molecule has 0 saturated carbocycles. The number of aliphatic carboxylic acids is 1. The average molecular weight is 2120 g/mol. The second-order valence-electron chi connectivity index (χ2n) is 36.0. The Morgan fingerprint density at radius 3 is 1.59 bits per heavy atom. The van der Waals surface area contributed by atoms with Crippen molar-refractivity contribution in [3.8, 4) is 17.1 Å². The minimum absolute atomic E-state index is 0.00295. The number of aliphatic hydroxyl groups is 4. The lowest BCUT2D eigenvalue weighted by atomic mass is 9.86. The summed E-state index contributed by atoms with van der Waals surface area (Å²) in [5, 5.41) is 73.6. The van der Waals surface area contributed by atoms with E-state index in [4.69, 9.17) is 99.7 Å². The summed E-state index contributed by atoms with van der Waals surface area (Å²) < 4.78 is 115. The number of aryl methyl sites for hydroxylation is 1. The second-order valence-corrected chi connectivity index (χ2v) is 36.0. The summed E-state index contributed by atoms with van der Waals surface area (Å²) in [6.45, 7) is 25.6. The first-order valence-corrected chi connectivity index (χ1v) is 51.3. The number of carbonyl (C=O) groups is 9. The third-order valence-corrected chi connectivity index (χ3v) is 24.3. The smallest absolute Gasteiger partial charge is 0.410 e. The van der Waals surface area contributed by atoms with Crippen LogP contribution in [0.5, 0.6) is 5.75 Å². The first kappa shape index (κ1) is 123. The molecule has 0 bridgehead atoms. The van der Waals surface area contributed by atoms with Crippen LogP contribution in [0.3, 0.4) is 0 Å². The zero-order valence-corrected chi connectivity index (χ0v) is 87.6. The number of aromatic nitrogens is 3. The van der Waals surface area contributed by atoms with Gasteiger partial charge in [0.05, 0.1) is 246 Å². The lowest BCUT2D eigenvalue weighted by Gasteiger charge is -2.38. The van der Waals surface area contributed by atoms with E-state index >= 15 is 0 Å². The topological polar surface area (TPSA) is 570 Å². The van der Waals surface area contributed by atoms with Gasteiger partial charge in [0, 0.05) is 110 Å². The van der Waals surface area contributed by atoms with E-state index < -0.39 is 108 Å². The van der Waals surface area contributed by atoms with Gasteiger partial charge in [-0.15, -0.1) is 0 Å². The van der Waals surface area contributed by atoms with Crippen LogP contribution < -0.4 is 47.6 Å². The third-order valence-electron chi connectivity index (χ3n) is 24.3. The number of carboxylic acids is 1. The number of carbonyl (C=O) groups excluding carboxylic acids is 8. The molecule has 3 aromatic carbocycles. The number of nitrogens with one attached hydrogen (secondary N) is 7. The Hall–Kier alpha value is -10.5. The maximum atomic E-state index is 14.2. The van der Waals surface area contributed by atoms with Gasteiger partial charge < -0.3 is 166 Å². The minimum atomic E-state index is -2.07. The fraction of sp³-hybridized carbons (Fsp3) is 0.641. The molecule has 47 nitrogen and oxygen atoms in total. The van der Waals surface area contributed by atoms with Crippen LogP contribution >= 0.6 is 0 Å². The van der Waals surface area contributed by atoms with Crippen molar-refractivity contribution < 1.29 is 163 Å². The normalized spacial score (nSPS) is 16.7. The maximum absolute atomic E-state index is 14.2. The van der Waals surface area contributed by atoms with Gasteiger partial charge in [0.25, 0.3) is 5.56 Å². The average Bonchev–Trinajstić information content (AvgIpc) is 1.56. The van der Waals surface area contributed by atoms with Crippen molar-refractivity contribution in [3.63, 3.8) is 0 Å². The molecular formula is C103H154N12O35. The third kappa shape index (κ3) is 40.8. The Bertz CT molecular complexity index is 5210. The van der Waals surface area contributed by atoms with E-state index in [-0.39, 0.29) is 144 Å². The van der Waals surface area contributed by atoms with E-state index in [1.54, 1.807) is 46.8 Å². The number of anilines is 2. The van der Waals surface area contributed by atoms with Crippen LogP contribution in [0.4, 0.5) is 16.2 Å². The van der Waals surface area contributed by atoms with Crippen molar-refractivity contribution in [2.45, 2.75) is 181 Å². The van der Waals surface area contributed by atoms with Crippen LogP contribution in [-0.2, 0) is 173 Å². The number of fused-ring (bicyclic) bond motifs is 6. The van der Waals surface area contributed by atoms with E-state index in [9.17, 15) is 73.5 Å². The van der Waals surface area contributed by atoms with Crippen molar-refractivity contribution in [2.24, 2.45) is 5.92 Å². The number of ether oxygens (including phenoxy) is 20. The van der Waals surface area contributed by atoms with Gasteiger partial charge in [-0.3, -0.25) is 39.0 Å². The van der Waals surface area contributed by atoms with E-state index in [2.05, 4.69) is 48.8 Å². The molecule has 3 aliphatic rings. The number of amides is 7. The van der Waals surface area contributed by atoms with Gasteiger partial charge in [0.1, 0.15) is 49.4 Å². The Kier molecular flexibility index (Phi) is 55.6. The van der Waals surface area contributed by atoms with Gasteiger partial charge in [0.2, 0.25) is 41.7 Å². The first-order chi connectivity index (χ1) is 72.5. The summed E-state index contributed by atoms with van der Waals surface area (Å²) >= 11 is 0. The highest BCUT2D eigenvalue weighted by Gasteiger charge is 2.49. The van der Waals surface area contributed by atoms with Crippen LogP contribution in [-0.4, -0.2) is 397 Å². The molecule has 0 aliphatic carbocycles. The monoisotopic (exact) mass is 2120 g/mol. The zero-order valence-electron chi connectivity index (χ0n) is 87.6. The highest BCUT2D eigenvalue weighted by Crippen LogP contribution is 2.41. The van der Waals surface area contributed by atoms with Gasteiger partial charge in [-0.2, -0.15) is 0 Å². The van der Waals surface area contributed by atoms with Gasteiger partial charge >= 0.3 is 18.0 Å². The molecule has 0 unspecified atom stereocenters. The molecule has 0 radical (unpaired) electrons. The molecule has 1 fully saturated rings. The Balaban J connectivity index is 0.549. The summed E-state index contributed by atoms with van der Waals surface area (Å²) in [5.74, 6) is -6.01. The fourth-order valence-electron chi connectivity index (χ4n) is 16.0. The number of pyridine rings is 2. The molecule has 6 heterocycles. The second kappa shape index (κ2) is 67.8. The highest BCUT2D eigenvalue weighted by atomic mass is 16.7. The Morgan fingerprint density at radius 2 is 1.07 bits per heavy atom. The fourth-order valence-corrected chi connectivity index (χ4v) is 16.0. The maximum Gasteiger partial charge on any atom is 0.410 e. The van der Waals surface area contributed by atoms with Crippen molar-refractivity contribution >= 4 is 86.7 Å². The predicted molar refractivity (Wildman–Crippen MR) is 544 cm³/mol. The summed E-state index contributed by atoms with van der Waals surface area (Å²) in [5.41, 5.74) is 6.58. The first-order valence-electron chi connectivity index (χ1n) is 51.3. The number of carboxylic acid groups (broad SMARTS) is 1. The predicted octanol–water partition coefficient (Wildman–Crippen LogP) is 3.15. The molecule has 12 N–H and O–H groups in total. The molecule has 0 spiro atoms. The Morgan fingerprint density at radius 1 is 0.553 bits per heavy atom. The number of hydrogen-bond acceptors (Lipinski definition) is 37. The van der Waals surface area contributed by atoms with E-state index in [0.29, 0.717) is 220 Å². The highest BCUT2D eigenvalue weighted by molar-refractivity contribution is 6.00. The minimum Gasteiger partial charge on any atom is -0.479 e. The number of aliphatic hydroxyl groups excluding tert-OH is 3. The molecule has 150 heavy (non-hydrogen) atoms. The number of hydrogen-bond donors (Lipinski definition) is 12. The van der Waals surface area contributed by atoms with Crippen molar-refractivity contribution in [3.05, 3.63) is 117 Å². The lowest BCUT2D eigenvalue weighted by Crippen LogP contribution is -2.61. The molecule has 7 amide bonds. The van der Waals surface area contributed by atoms with Gasteiger partial charge in [-0.25, -0.2) is 24.4 Å². The number of rotatable bonds is 79. The van der Waals surface area contributed by atoms with Gasteiger partial charge in [-0.1, -0.05) is 52.0 Å². The number of benzene rings is 3. The number of cyclic esters (lactones) is 1. The number of esters is 1. The molecule has 6 aromatic rings. The van der Waals surface area contributed by atoms with Gasteiger partial charge in [0.15, 0.2) is 11.7 Å². The molecule has 3 aliphatic heterocycles.